The number of nitrogens with two attached hydrogens (primary N) is 1. The maximum absolute atomic E-state index is 12.9. The topological polar surface area (TPSA) is 207 Å². The number of carboxylic acid groups (broad SMARTS) is 1. The number of para-hydroxylation sites is 1. The molecule has 1 aromatic heterocycles. The summed E-state index contributed by atoms with van der Waals surface area (Å²) in [6.45, 7) is -0.206. The van der Waals surface area contributed by atoms with Crippen molar-refractivity contribution in [2.24, 2.45) is 5.73 Å². The van der Waals surface area contributed by atoms with Crippen molar-refractivity contribution in [2.45, 2.75) is 37.5 Å². The number of carbonyl (C=O) groups is 4. The molecule has 1 heterocycles. The van der Waals surface area contributed by atoms with Crippen molar-refractivity contribution >= 4 is 34.6 Å². The summed E-state index contributed by atoms with van der Waals surface area (Å²) in [4.78, 5) is 51.3. The van der Waals surface area contributed by atoms with Crippen LogP contribution in [0, 0.1) is 0 Å². The standard InChI is InChI=1S/C20H27N5O7/c1-10(20(31)32)23-19(30)16(9-27)25-18(29)15(24-17(28)13(21)8-26)6-11-7-22-14-5-3-2-4-12(11)14/h2-5,7,10,13,15-16,22,26-27H,6,8-9,21H2,1H3,(H,23,30)(H,24,28)(H,25,29)(H,31,32). The Morgan fingerprint density at radius 2 is 1.59 bits per heavy atom. The lowest BCUT2D eigenvalue weighted by atomic mass is 10.0. The predicted octanol–water partition coefficient (Wildman–Crippen LogP) is -2.42. The van der Waals surface area contributed by atoms with E-state index in [2.05, 4.69) is 20.9 Å². The molecule has 2 aromatic rings. The Morgan fingerprint density at radius 3 is 2.22 bits per heavy atom. The Bertz CT molecular complexity index is 976. The van der Waals surface area contributed by atoms with Gasteiger partial charge in [0.25, 0.3) is 0 Å². The number of aliphatic carboxylic acids is 1. The fourth-order valence-electron chi connectivity index (χ4n) is 2.93. The SMILES string of the molecule is CC(NC(=O)C(CO)NC(=O)C(Cc1c[nH]c2ccccc12)NC(=O)C(N)CO)C(=O)O. The van der Waals surface area contributed by atoms with Crippen LogP contribution < -0.4 is 21.7 Å². The molecule has 1 aromatic carbocycles. The maximum atomic E-state index is 12.9. The number of carbonyl (C=O) groups excluding carboxylic acids is 3. The molecular weight excluding hydrogens is 422 g/mol. The summed E-state index contributed by atoms with van der Waals surface area (Å²) < 4.78 is 0. The number of aliphatic hydroxyl groups excluding tert-OH is 2. The molecule has 0 radical (unpaired) electrons. The minimum Gasteiger partial charge on any atom is -0.480 e. The van der Waals surface area contributed by atoms with Crippen LogP contribution in [0.25, 0.3) is 10.9 Å². The summed E-state index contributed by atoms with van der Waals surface area (Å²) in [5, 5.41) is 35.3. The van der Waals surface area contributed by atoms with Crippen LogP contribution in [0.5, 0.6) is 0 Å². The van der Waals surface area contributed by atoms with Gasteiger partial charge in [0.1, 0.15) is 24.2 Å². The second-order valence-corrected chi connectivity index (χ2v) is 7.23. The minimum absolute atomic E-state index is 0.0189. The van der Waals surface area contributed by atoms with E-state index >= 15 is 0 Å². The van der Waals surface area contributed by atoms with Crippen LogP contribution in [0.3, 0.4) is 0 Å². The molecule has 0 saturated carbocycles. The average molecular weight is 449 g/mol. The van der Waals surface area contributed by atoms with Gasteiger partial charge in [0.05, 0.1) is 13.2 Å². The van der Waals surface area contributed by atoms with Crippen molar-refractivity contribution in [3.63, 3.8) is 0 Å². The third kappa shape index (κ3) is 6.26. The van der Waals surface area contributed by atoms with E-state index < -0.39 is 61.1 Å². The molecule has 9 N–H and O–H groups in total. The number of fused-ring (bicyclic) bond motifs is 1. The molecule has 4 atom stereocenters. The molecule has 0 fully saturated rings. The number of carboxylic acids is 1. The molecule has 0 aliphatic heterocycles. The van der Waals surface area contributed by atoms with Gasteiger partial charge in [0.15, 0.2) is 0 Å². The Balaban J connectivity index is 2.21. The number of hydrogen-bond acceptors (Lipinski definition) is 7. The van der Waals surface area contributed by atoms with Crippen molar-refractivity contribution in [1.82, 2.24) is 20.9 Å². The first-order chi connectivity index (χ1) is 15.2. The molecule has 0 saturated heterocycles. The van der Waals surface area contributed by atoms with Gasteiger partial charge in [-0.2, -0.15) is 0 Å². The Labute approximate surface area is 183 Å². The van der Waals surface area contributed by atoms with Crippen LogP contribution in [-0.2, 0) is 25.6 Å². The second-order valence-electron chi connectivity index (χ2n) is 7.23. The lowest BCUT2D eigenvalue weighted by molar-refractivity contribution is -0.142. The molecular formula is C20H27N5O7. The monoisotopic (exact) mass is 449 g/mol. The molecule has 32 heavy (non-hydrogen) atoms. The number of hydrogen-bond donors (Lipinski definition) is 8. The fourth-order valence-corrected chi connectivity index (χ4v) is 2.93. The predicted molar refractivity (Wildman–Crippen MR) is 113 cm³/mol. The average Bonchev–Trinajstić information content (AvgIpc) is 3.18. The highest BCUT2D eigenvalue weighted by molar-refractivity contribution is 5.94. The highest BCUT2D eigenvalue weighted by Crippen LogP contribution is 2.19. The minimum atomic E-state index is -1.45. The third-order valence-corrected chi connectivity index (χ3v) is 4.81. The van der Waals surface area contributed by atoms with E-state index in [1.165, 1.54) is 6.92 Å². The molecule has 3 amide bonds. The molecule has 0 aliphatic carbocycles. The van der Waals surface area contributed by atoms with Gasteiger partial charge in [0.2, 0.25) is 17.7 Å². The highest BCUT2D eigenvalue weighted by Gasteiger charge is 2.29. The van der Waals surface area contributed by atoms with E-state index in [4.69, 9.17) is 15.9 Å². The quantitative estimate of drug-likeness (QED) is 0.185. The number of amides is 3. The molecule has 12 nitrogen and oxygen atoms in total. The van der Waals surface area contributed by atoms with Crippen LogP contribution >= 0.6 is 0 Å². The lowest BCUT2D eigenvalue weighted by Crippen LogP contribution is -2.58. The molecule has 0 bridgehead atoms. The van der Waals surface area contributed by atoms with E-state index in [1.807, 2.05) is 24.3 Å². The van der Waals surface area contributed by atoms with Crippen molar-refractivity contribution in [3.8, 4) is 0 Å². The van der Waals surface area contributed by atoms with Gasteiger partial charge in [-0.3, -0.25) is 19.2 Å². The number of benzene rings is 1. The van der Waals surface area contributed by atoms with Gasteiger partial charge in [0, 0.05) is 23.5 Å². The largest absolute Gasteiger partial charge is 0.480 e. The van der Waals surface area contributed by atoms with Crippen LogP contribution in [0.15, 0.2) is 30.5 Å². The van der Waals surface area contributed by atoms with E-state index in [0.717, 1.165) is 10.9 Å². The summed E-state index contributed by atoms with van der Waals surface area (Å²) >= 11 is 0. The number of nitrogens with one attached hydrogen (secondary N) is 4. The number of aliphatic hydroxyl groups is 2. The van der Waals surface area contributed by atoms with Gasteiger partial charge >= 0.3 is 5.97 Å². The zero-order valence-corrected chi connectivity index (χ0v) is 17.4. The molecule has 174 valence electrons. The first-order valence-electron chi connectivity index (χ1n) is 9.84. The van der Waals surface area contributed by atoms with Crippen molar-refractivity contribution < 1.29 is 34.5 Å². The zero-order valence-electron chi connectivity index (χ0n) is 17.4. The molecule has 4 unspecified atom stereocenters. The van der Waals surface area contributed by atoms with Gasteiger partial charge in [-0.05, 0) is 18.6 Å². The van der Waals surface area contributed by atoms with Gasteiger partial charge < -0.3 is 42.0 Å². The van der Waals surface area contributed by atoms with E-state index in [1.54, 1.807) is 6.20 Å². The van der Waals surface area contributed by atoms with Crippen molar-refractivity contribution in [2.75, 3.05) is 13.2 Å². The van der Waals surface area contributed by atoms with Crippen LogP contribution in [0.2, 0.25) is 0 Å². The first-order valence-corrected chi connectivity index (χ1v) is 9.84. The summed E-state index contributed by atoms with van der Waals surface area (Å²) in [6, 6.07) is 2.16. The summed E-state index contributed by atoms with van der Waals surface area (Å²) in [7, 11) is 0. The van der Waals surface area contributed by atoms with Crippen molar-refractivity contribution in [1.29, 1.82) is 0 Å². The molecule has 0 aliphatic rings. The molecule has 12 heteroatoms. The van der Waals surface area contributed by atoms with Gasteiger partial charge in [-0.15, -0.1) is 0 Å². The van der Waals surface area contributed by atoms with E-state index in [-0.39, 0.29) is 6.42 Å². The summed E-state index contributed by atoms with van der Waals surface area (Å²) in [6.07, 6.45) is 1.69. The normalized spacial score (nSPS) is 14.8. The van der Waals surface area contributed by atoms with Gasteiger partial charge in [-0.1, -0.05) is 18.2 Å². The second kappa shape index (κ2) is 11.2. The smallest absolute Gasteiger partial charge is 0.325 e. The summed E-state index contributed by atoms with van der Waals surface area (Å²) in [5.74, 6) is -3.77. The highest BCUT2D eigenvalue weighted by atomic mass is 16.4. The Morgan fingerprint density at radius 1 is 0.969 bits per heavy atom. The Hall–Kier alpha value is -3.48. The first kappa shape index (κ1) is 24.8. The third-order valence-electron chi connectivity index (χ3n) is 4.81. The lowest BCUT2D eigenvalue weighted by Gasteiger charge is -2.23. The fraction of sp³-hybridized carbons (Fsp3) is 0.400. The molecule has 2 rings (SSSR count). The van der Waals surface area contributed by atoms with Crippen molar-refractivity contribution in [3.05, 3.63) is 36.0 Å². The number of rotatable bonds is 11. The van der Waals surface area contributed by atoms with Crippen LogP contribution in [0.4, 0.5) is 0 Å². The maximum Gasteiger partial charge on any atom is 0.325 e. The van der Waals surface area contributed by atoms with Gasteiger partial charge in [-0.25, -0.2) is 0 Å². The Kier molecular flexibility index (Phi) is 8.70. The summed E-state index contributed by atoms with van der Waals surface area (Å²) in [5.41, 5.74) is 7.04. The van der Waals surface area contributed by atoms with E-state index in [0.29, 0.717) is 5.56 Å². The number of aromatic nitrogens is 1. The van der Waals surface area contributed by atoms with E-state index in [9.17, 15) is 24.3 Å². The van der Waals surface area contributed by atoms with Crippen LogP contribution in [0.1, 0.15) is 12.5 Å². The van der Waals surface area contributed by atoms with Crippen LogP contribution in [-0.4, -0.2) is 81.4 Å². The number of aromatic amines is 1. The molecule has 0 spiro atoms. The zero-order chi connectivity index (χ0) is 23.8. The number of H-pyrrole nitrogens is 1.